The Balaban J connectivity index is 0.00000420. The Morgan fingerprint density at radius 1 is 1.24 bits per heavy atom. The van der Waals surface area contributed by atoms with Gasteiger partial charge in [-0.25, -0.2) is 4.99 Å². The third kappa shape index (κ3) is 9.41. The van der Waals surface area contributed by atoms with E-state index in [-0.39, 0.29) is 36.3 Å². The van der Waals surface area contributed by atoms with E-state index in [9.17, 15) is 13.2 Å². The zero-order chi connectivity index (χ0) is 20.6. The Hall–Kier alpha value is -1.23. The van der Waals surface area contributed by atoms with Gasteiger partial charge in [-0.15, -0.1) is 24.0 Å². The highest BCUT2D eigenvalue weighted by molar-refractivity contribution is 14.0. The standard InChI is InChI=1S/C20H31F3N4O.HI/c1-4-24-19(26-17-9-11-27(12-10-17)15(2)3)25-13-16-7-5-6-8-18(16)28-14-20(21,22)23;/h5-8,15,17H,4,9-14H2,1-3H3,(H2,24,25,26);1H. The van der Waals surface area contributed by atoms with Crippen LogP contribution < -0.4 is 15.4 Å². The number of halogens is 4. The highest BCUT2D eigenvalue weighted by atomic mass is 127. The number of piperidine rings is 1. The molecule has 0 radical (unpaired) electrons. The maximum atomic E-state index is 12.4. The lowest BCUT2D eigenvalue weighted by molar-refractivity contribution is -0.153. The summed E-state index contributed by atoms with van der Waals surface area (Å²) >= 11 is 0. The van der Waals surface area contributed by atoms with Gasteiger partial charge in [0, 0.05) is 37.3 Å². The van der Waals surface area contributed by atoms with E-state index in [1.807, 2.05) is 6.92 Å². The first-order valence-electron chi connectivity index (χ1n) is 9.85. The van der Waals surface area contributed by atoms with Gasteiger partial charge in [-0.3, -0.25) is 0 Å². The molecule has 0 unspecified atom stereocenters. The highest BCUT2D eigenvalue weighted by Crippen LogP contribution is 2.22. The molecule has 1 aliphatic heterocycles. The Bertz CT molecular complexity index is 632. The molecule has 1 saturated heterocycles. The Kier molecular flexibility index (Phi) is 11.1. The molecule has 29 heavy (non-hydrogen) atoms. The second-order valence-electron chi connectivity index (χ2n) is 7.26. The Labute approximate surface area is 188 Å². The predicted molar refractivity (Wildman–Crippen MR) is 121 cm³/mol. The van der Waals surface area contributed by atoms with Crippen LogP contribution in [0.1, 0.15) is 39.2 Å². The largest absolute Gasteiger partial charge is 0.484 e. The van der Waals surface area contributed by atoms with E-state index >= 15 is 0 Å². The monoisotopic (exact) mass is 528 g/mol. The van der Waals surface area contributed by atoms with Crippen molar-refractivity contribution in [1.82, 2.24) is 15.5 Å². The topological polar surface area (TPSA) is 48.9 Å². The van der Waals surface area contributed by atoms with Crippen LogP contribution in [-0.2, 0) is 6.54 Å². The van der Waals surface area contributed by atoms with Gasteiger partial charge >= 0.3 is 6.18 Å². The van der Waals surface area contributed by atoms with Crippen LogP contribution in [0.4, 0.5) is 13.2 Å². The molecule has 2 rings (SSSR count). The summed E-state index contributed by atoms with van der Waals surface area (Å²) < 4.78 is 42.3. The van der Waals surface area contributed by atoms with Gasteiger partial charge in [0.1, 0.15) is 5.75 Å². The second-order valence-corrected chi connectivity index (χ2v) is 7.26. The molecule has 1 fully saturated rings. The van der Waals surface area contributed by atoms with Crippen LogP contribution in [0.3, 0.4) is 0 Å². The summed E-state index contributed by atoms with van der Waals surface area (Å²) in [6, 6.07) is 7.59. The van der Waals surface area contributed by atoms with Gasteiger partial charge in [0.15, 0.2) is 12.6 Å². The number of para-hydroxylation sites is 1. The van der Waals surface area contributed by atoms with E-state index in [0.717, 1.165) is 25.9 Å². The molecule has 5 nitrogen and oxygen atoms in total. The molecule has 2 N–H and O–H groups in total. The molecule has 166 valence electrons. The van der Waals surface area contributed by atoms with Crippen LogP contribution in [0, 0.1) is 0 Å². The van der Waals surface area contributed by atoms with Crippen molar-refractivity contribution in [2.75, 3.05) is 26.2 Å². The molecular formula is C20H32F3IN4O. The maximum absolute atomic E-state index is 12.4. The minimum Gasteiger partial charge on any atom is -0.484 e. The number of hydrogen-bond donors (Lipinski definition) is 2. The molecule has 0 aliphatic carbocycles. The summed E-state index contributed by atoms with van der Waals surface area (Å²) in [5.41, 5.74) is 0.624. The molecule has 1 heterocycles. The number of benzene rings is 1. The molecule has 0 bridgehead atoms. The van der Waals surface area contributed by atoms with Crippen molar-refractivity contribution >= 4 is 29.9 Å². The highest BCUT2D eigenvalue weighted by Gasteiger charge is 2.28. The Morgan fingerprint density at radius 3 is 2.48 bits per heavy atom. The van der Waals surface area contributed by atoms with E-state index < -0.39 is 12.8 Å². The summed E-state index contributed by atoms with van der Waals surface area (Å²) in [4.78, 5) is 7.01. The average Bonchev–Trinajstić information content (AvgIpc) is 2.65. The third-order valence-corrected chi connectivity index (χ3v) is 4.72. The number of nitrogens with zero attached hydrogens (tertiary/aromatic N) is 2. The lowest BCUT2D eigenvalue weighted by atomic mass is 10.0. The van der Waals surface area contributed by atoms with Gasteiger partial charge in [0.05, 0.1) is 6.54 Å². The fraction of sp³-hybridized carbons (Fsp3) is 0.650. The quantitative estimate of drug-likeness (QED) is 0.317. The predicted octanol–water partition coefficient (Wildman–Crippen LogP) is 4.17. The van der Waals surface area contributed by atoms with Gasteiger partial charge in [-0.05, 0) is 39.7 Å². The van der Waals surface area contributed by atoms with Gasteiger partial charge in [-0.1, -0.05) is 18.2 Å². The summed E-state index contributed by atoms with van der Waals surface area (Å²) in [7, 11) is 0. The molecule has 9 heteroatoms. The number of aliphatic imine (C=N–C) groups is 1. The molecule has 1 aliphatic rings. The van der Waals surface area contributed by atoms with Crippen LogP contribution in [0.5, 0.6) is 5.75 Å². The molecule has 1 aromatic carbocycles. The number of rotatable bonds is 7. The van der Waals surface area contributed by atoms with Crippen molar-refractivity contribution in [1.29, 1.82) is 0 Å². The molecule has 0 aromatic heterocycles. The number of guanidine groups is 1. The van der Waals surface area contributed by atoms with E-state index in [0.29, 0.717) is 30.2 Å². The molecule has 0 amide bonds. The van der Waals surface area contributed by atoms with E-state index in [1.54, 1.807) is 24.3 Å². The number of likely N-dealkylation sites (tertiary alicyclic amines) is 1. The lowest BCUT2D eigenvalue weighted by Crippen LogP contribution is -2.49. The molecule has 1 aromatic rings. The van der Waals surface area contributed by atoms with Crippen LogP contribution in [0.15, 0.2) is 29.3 Å². The smallest absolute Gasteiger partial charge is 0.422 e. The van der Waals surface area contributed by atoms with Crippen molar-refractivity contribution in [2.45, 2.75) is 58.4 Å². The first kappa shape index (κ1) is 25.8. The van der Waals surface area contributed by atoms with Crippen LogP contribution in [0.2, 0.25) is 0 Å². The minimum absolute atomic E-state index is 0. The molecular weight excluding hydrogens is 496 g/mol. The summed E-state index contributed by atoms with van der Waals surface area (Å²) in [6.45, 7) is 8.14. The minimum atomic E-state index is -4.36. The van der Waals surface area contributed by atoms with Gasteiger partial charge < -0.3 is 20.3 Å². The average molecular weight is 528 g/mol. The number of alkyl halides is 3. The van der Waals surface area contributed by atoms with Crippen molar-refractivity contribution in [3.8, 4) is 5.75 Å². The van der Waals surface area contributed by atoms with Crippen LogP contribution >= 0.6 is 24.0 Å². The van der Waals surface area contributed by atoms with E-state index in [1.165, 1.54) is 0 Å². The fourth-order valence-corrected chi connectivity index (χ4v) is 3.17. The summed E-state index contributed by atoms with van der Waals surface area (Å²) in [5.74, 6) is 0.890. The molecule has 0 spiro atoms. The van der Waals surface area contributed by atoms with Crippen molar-refractivity contribution < 1.29 is 17.9 Å². The van der Waals surface area contributed by atoms with Gasteiger partial charge in [-0.2, -0.15) is 13.2 Å². The Morgan fingerprint density at radius 2 is 1.90 bits per heavy atom. The number of nitrogens with one attached hydrogen (secondary N) is 2. The number of hydrogen-bond acceptors (Lipinski definition) is 3. The lowest BCUT2D eigenvalue weighted by Gasteiger charge is -2.35. The third-order valence-electron chi connectivity index (χ3n) is 4.72. The van der Waals surface area contributed by atoms with Gasteiger partial charge in [0.2, 0.25) is 0 Å². The number of ether oxygens (including phenoxy) is 1. The van der Waals surface area contributed by atoms with Crippen molar-refractivity contribution in [3.05, 3.63) is 29.8 Å². The maximum Gasteiger partial charge on any atom is 0.422 e. The second kappa shape index (κ2) is 12.5. The first-order valence-corrected chi connectivity index (χ1v) is 9.85. The SMILES string of the molecule is CCNC(=NCc1ccccc1OCC(F)(F)F)NC1CCN(C(C)C)CC1.I. The van der Waals surface area contributed by atoms with Crippen LogP contribution in [0.25, 0.3) is 0 Å². The summed E-state index contributed by atoms with van der Waals surface area (Å²) in [6.07, 6.45) is -2.29. The van der Waals surface area contributed by atoms with Gasteiger partial charge in [0.25, 0.3) is 0 Å². The van der Waals surface area contributed by atoms with Crippen LogP contribution in [-0.4, -0.2) is 55.4 Å². The van der Waals surface area contributed by atoms with E-state index in [2.05, 4.69) is 34.4 Å². The zero-order valence-electron chi connectivity index (χ0n) is 17.3. The normalized spacial score (nSPS) is 16.4. The van der Waals surface area contributed by atoms with E-state index in [4.69, 9.17) is 4.74 Å². The molecule has 0 saturated carbocycles. The molecule has 0 atom stereocenters. The van der Waals surface area contributed by atoms with Crippen molar-refractivity contribution in [3.63, 3.8) is 0 Å². The van der Waals surface area contributed by atoms with Crippen molar-refractivity contribution in [2.24, 2.45) is 4.99 Å². The summed E-state index contributed by atoms with van der Waals surface area (Å²) in [5, 5.41) is 6.67. The first-order chi connectivity index (χ1) is 13.3. The zero-order valence-corrected chi connectivity index (χ0v) is 19.6. The fourth-order valence-electron chi connectivity index (χ4n) is 3.17.